The van der Waals surface area contributed by atoms with Crippen LogP contribution in [0.1, 0.15) is 5.56 Å². The first-order valence-corrected chi connectivity index (χ1v) is 7.26. The summed E-state index contributed by atoms with van der Waals surface area (Å²) in [5.74, 6) is -0.0357. The predicted octanol–water partition coefficient (Wildman–Crippen LogP) is 0.741. The zero-order valence-corrected chi connectivity index (χ0v) is 10.6. The summed E-state index contributed by atoms with van der Waals surface area (Å²) in [6.45, 7) is 0.700. The smallest absolute Gasteiger partial charge is 0.218 e. The normalized spacial score (nSPS) is 21.4. The molecule has 0 aliphatic carbocycles. The van der Waals surface area contributed by atoms with Gasteiger partial charge in [0.15, 0.2) is 6.10 Å². The van der Waals surface area contributed by atoms with E-state index in [0.717, 1.165) is 5.56 Å². The van der Waals surface area contributed by atoms with Gasteiger partial charge < -0.3 is 4.74 Å². The van der Waals surface area contributed by atoms with E-state index in [-0.39, 0.29) is 18.9 Å². The molecule has 0 radical (unpaired) electrons. The highest BCUT2D eigenvalue weighted by Gasteiger charge is 2.29. The molecule has 1 heterocycles. The third-order valence-corrected chi connectivity index (χ3v) is 4.58. The minimum atomic E-state index is -3.38. The monoisotopic (exact) mass is 266 g/mol. The van der Waals surface area contributed by atoms with Gasteiger partial charge in [0.1, 0.15) is 0 Å². The first-order chi connectivity index (χ1) is 8.62. The summed E-state index contributed by atoms with van der Waals surface area (Å²) in [7, 11) is -3.38. The van der Waals surface area contributed by atoms with E-state index in [9.17, 15) is 8.42 Å². The lowest BCUT2D eigenvalue weighted by Crippen LogP contribution is -2.45. The van der Waals surface area contributed by atoms with E-state index < -0.39 is 16.1 Å². The molecule has 96 valence electrons. The van der Waals surface area contributed by atoms with Crippen LogP contribution in [0.3, 0.4) is 0 Å². The molecule has 1 aromatic rings. The zero-order chi connectivity index (χ0) is 13.0. The second kappa shape index (κ2) is 5.48. The van der Waals surface area contributed by atoms with Gasteiger partial charge in [-0.15, -0.1) is 0 Å². The Labute approximate surface area is 107 Å². The van der Waals surface area contributed by atoms with Crippen LogP contribution in [0, 0.1) is 11.3 Å². The van der Waals surface area contributed by atoms with Crippen LogP contribution in [0.15, 0.2) is 30.3 Å². The van der Waals surface area contributed by atoms with Crippen molar-refractivity contribution in [2.24, 2.45) is 0 Å². The van der Waals surface area contributed by atoms with E-state index in [1.165, 1.54) is 4.31 Å². The van der Waals surface area contributed by atoms with Crippen molar-refractivity contribution in [3.8, 4) is 6.07 Å². The van der Waals surface area contributed by atoms with E-state index in [2.05, 4.69) is 0 Å². The van der Waals surface area contributed by atoms with Crippen LogP contribution < -0.4 is 0 Å². The van der Waals surface area contributed by atoms with Gasteiger partial charge in [-0.05, 0) is 5.56 Å². The summed E-state index contributed by atoms with van der Waals surface area (Å²) in [5.41, 5.74) is 0.748. The minimum Gasteiger partial charge on any atom is -0.361 e. The number of ether oxygens (including phenoxy) is 1. The Morgan fingerprint density at radius 1 is 1.39 bits per heavy atom. The Morgan fingerprint density at radius 3 is 2.78 bits per heavy atom. The average Bonchev–Trinajstić information content (AvgIpc) is 2.39. The van der Waals surface area contributed by atoms with Gasteiger partial charge >= 0.3 is 0 Å². The summed E-state index contributed by atoms with van der Waals surface area (Å²) in [5, 5.41) is 8.77. The molecule has 5 nitrogen and oxygen atoms in total. The molecule has 0 spiro atoms. The van der Waals surface area contributed by atoms with Crippen molar-refractivity contribution in [3.63, 3.8) is 0 Å². The second-order valence-corrected chi connectivity index (χ2v) is 6.06. The van der Waals surface area contributed by atoms with Crippen molar-refractivity contribution in [2.75, 3.05) is 19.7 Å². The molecule has 1 unspecified atom stereocenters. The fraction of sp³-hybridized carbons (Fsp3) is 0.417. The highest BCUT2D eigenvalue weighted by atomic mass is 32.2. The summed E-state index contributed by atoms with van der Waals surface area (Å²) >= 11 is 0. The van der Waals surface area contributed by atoms with Crippen LogP contribution in [0.25, 0.3) is 0 Å². The van der Waals surface area contributed by atoms with Crippen LogP contribution in [0.2, 0.25) is 0 Å². The van der Waals surface area contributed by atoms with Crippen molar-refractivity contribution >= 4 is 10.0 Å². The maximum Gasteiger partial charge on any atom is 0.218 e. The van der Waals surface area contributed by atoms with Crippen LogP contribution in [-0.2, 0) is 20.5 Å². The third kappa shape index (κ3) is 3.07. The molecule has 18 heavy (non-hydrogen) atoms. The number of rotatable bonds is 3. The van der Waals surface area contributed by atoms with Crippen molar-refractivity contribution < 1.29 is 13.2 Å². The number of sulfonamides is 1. The molecule has 1 saturated heterocycles. The van der Waals surface area contributed by atoms with Crippen molar-refractivity contribution in [3.05, 3.63) is 35.9 Å². The third-order valence-electron chi connectivity index (χ3n) is 2.76. The van der Waals surface area contributed by atoms with Crippen LogP contribution in [0.4, 0.5) is 0 Å². The molecule has 0 amide bonds. The summed E-state index contributed by atoms with van der Waals surface area (Å²) in [4.78, 5) is 0. The molecule has 1 fully saturated rings. The maximum absolute atomic E-state index is 12.2. The lowest BCUT2D eigenvalue weighted by molar-refractivity contribution is 0.0311. The van der Waals surface area contributed by atoms with Crippen LogP contribution in [-0.4, -0.2) is 38.5 Å². The van der Waals surface area contributed by atoms with Gasteiger partial charge in [0.25, 0.3) is 0 Å². The molecule has 1 aliphatic heterocycles. The highest BCUT2D eigenvalue weighted by Crippen LogP contribution is 2.14. The van der Waals surface area contributed by atoms with Crippen molar-refractivity contribution in [1.82, 2.24) is 4.31 Å². The van der Waals surface area contributed by atoms with Gasteiger partial charge in [-0.3, -0.25) is 0 Å². The Morgan fingerprint density at radius 2 is 2.11 bits per heavy atom. The molecule has 2 rings (SSSR count). The van der Waals surface area contributed by atoms with Gasteiger partial charge in [-0.1, -0.05) is 30.3 Å². The largest absolute Gasteiger partial charge is 0.361 e. The molecule has 1 atom stereocenters. The Balaban J connectivity index is 2.09. The van der Waals surface area contributed by atoms with Gasteiger partial charge in [0, 0.05) is 6.54 Å². The van der Waals surface area contributed by atoms with E-state index in [4.69, 9.17) is 10.00 Å². The molecule has 0 bridgehead atoms. The van der Waals surface area contributed by atoms with Gasteiger partial charge in [-0.2, -0.15) is 9.57 Å². The molecular weight excluding hydrogens is 252 g/mol. The number of benzene rings is 1. The lowest BCUT2D eigenvalue weighted by atomic mass is 10.2. The Kier molecular flexibility index (Phi) is 3.97. The molecule has 1 aromatic carbocycles. The summed E-state index contributed by atoms with van der Waals surface area (Å²) in [6, 6.07) is 11.0. The molecule has 0 N–H and O–H groups in total. The second-order valence-electron chi connectivity index (χ2n) is 4.09. The Hall–Kier alpha value is -1.42. The van der Waals surface area contributed by atoms with Gasteiger partial charge in [-0.25, -0.2) is 8.42 Å². The predicted molar refractivity (Wildman–Crippen MR) is 66.0 cm³/mol. The van der Waals surface area contributed by atoms with E-state index >= 15 is 0 Å². The van der Waals surface area contributed by atoms with Gasteiger partial charge in [0.05, 0.1) is 25.0 Å². The maximum atomic E-state index is 12.2. The van der Waals surface area contributed by atoms with Crippen LogP contribution in [0.5, 0.6) is 0 Å². The fourth-order valence-electron chi connectivity index (χ4n) is 1.83. The Bertz CT molecular complexity index is 536. The van der Waals surface area contributed by atoms with Crippen molar-refractivity contribution in [1.29, 1.82) is 5.26 Å². The number of hydrogen-bond acceptors (Lipinski definition) is 4. The molecule has 6 heteroatoms. The van der Waals surface area contributed by atoms with E-state index in [1.807, 2.05) is 24.3 Å². The molecule has 0 aromatic heterocycles. The molecular formula is C12H14N2O3S. The topological polar surface area (TPSA) is 70.4 Å². The standard InChI is InChI=1S/C12H14N2O3S/c13-8-12-9-14(6-7-17-12)18(15,16)10-11-4-2-1-3-5-11/h1-5,12H,6-7,9-10H2. The molecule has 1 aliphatic rings. The number of morpholine rings is 1. The highest BCUT2D eigenvalue weighted by molar-refractivity contribution is 7.88. The van der Waals surface area contributed by atoms with Gasteiger partial charge in [0.2, 0.25) is 10.0 Å². The lowest BCUT2D eigenvalue weighted by Gasteiger charge is -2.28. The SMILES string of the molecule is N#CC1CN(S(=O)(=O)Cc2ccccc2)CCO1. The molecule has 0 saturated carbocycles. The summed E-state index contributed by atoms with van der Waals surface area (Å²) in [6.07, 6.45) is -0.663. The zero-order valence-electron chi connectivity index (χ0n) is 9.82. The number of nitriles is 1. The first-order valence-electron chi connectivity index (χ1n) is 5.65. The number of hydrogen-bond donors (Lipinski definition) is 0. The van der Waals surface area contributed by atoms with E-state index in [0.29, 0.717) is 6.54 Å². The van der Waals surface area contributed by atoms with Crippen LogP contribution >= 0.6 is 0 Å². The first kappa shape index (κ1) is 13.0. The minimum absolute atomic E-state index is 0.0357. The van der Waals surface area contributed by atoms with E-state index in [1.54, 1.807) is 12.1 Å². The van der Waals surface area contributed by atoms with Crippen molar-refractivity contribution in [2.45, 2.75) is 11.9 Å². The summed E-state index contributed by atoms with van der Waals surface area (Å²) < 4.78 is 30.8. The number of nitrogens with zero attached hydrogens (tertiary/aromatic N) is 2. The average molecular weight is 266 g/mol. The fourth-order valence-corrected chi connectivity index (χ4v) is 3.34. The quantitative estimate of drug-likeness (QED) is 0.809.